The van der Waals surface area contributed by atoms with E-state index in [1.165, 1.54) is 23.5 Å². The van der Waals surface area contributed by atoms with Crippen molar-refractivity contribution < 1.29 is 24.3 Å². The highest BCUT2D eigenvalue weighted by atomic mass is 32.2. The minimum atomic E-state index is -1.12. The lowest BCUT2D eigenvalue weighted by molar-refractivity contribution is -0.142. The number of carboxylic acids is 1. The molecule has 0 saturated carbocycles. The standard InChI is InChI=1S/C27H41N5O5S2/c1-16(2)13-23(26(35)31-22(27(36)37)10-12-39-4)32-25(34)21(9-11-38-3)30-24(33)19(28)14-17-15-29-20-8-6-5-7-18(17)20/h5-8,15-16,19,21-23,29H,9-14,28H2,1-4H3,(H,30,33)(H,31,35)(H,32,34)(H,36,37). The topological polar surface area (TPSA) is 166 Å². The van der Waals surface area contributed by atoms with Gasteiger partial charge in [0.25, 0.3) is 0 Å². The molecule has 39 heavy (non-hydrogen) atoms. The van der Waals surface area contributed by atoms with E-state index >= 15 is 0 Å². The third-order valence-corrected chi connectivity index (χ3v) is 7.55. The fraction of sp³-hybridized carbons (Fsp3) is 0.556. The molecule has 1 aromatic heterocycles. The van der Waals surface area contributed by atoms with Crippen LogP contribution >= 0.6 is 23.5 Å². The van der Waals surface area contributed by atoms with Gasteiger partial charge < -0.3 is 31.8 Å². The first kappa shape index (κ1) is 32.5. The quantitative estimate of drug-likeness (QED) is 0.166. The van der Waals surface area contributed by atoms with Crippen LogP contribution in [0.15, 0.2) is 30.5 Å². The first-order valence-corrected chi connectivity index (χ1v) is 15.8. The summed E-state index contributed by atoms with van der Waals surface area (Å²) in [6.45, 7) is 3.82. The molecule has 4 unspecified atom stereocenters. The largest absolute Gasteiger partial charge is 0.480 e. The van der Waals surface area contributed by atoms with Crippen LogP contribution in [0.25, 0.3) is 10.9 Å². The number of thioether (sulfide) groups is 2. The molecule has 0 radical (unpaired) electrons. The first-order valence-electron chi connectivity index (χ1n) is 13.0. The molecule has 12 heteroatoms. The molecule has 0 aliphatic rings. The Hall–Kier alpha value is -2.70. The molecule has 0 fully saturated rings. The molecule has 10 nitrogen and oxygen atoms in total. The van der Waals surface area contributed by atoms with Gasteiger partial charge in [0.2, 0.25) is 17.7 Å². The Labute approximate surface area is 238 Å². The second-order valence-corrected chi connectivity index (χ2v) is 11.9. The van der Waals surface area contributed by atoms with Gasteiger partial charge in [0, 0.05) is 17.1 Å². The van der Waals surface area contributed by atoms with E-state index in [9.17, 15) is 24.3 Å². The molecular weight excluding hydrogens is 538 g/mol. The van der Waals surface area contributed by atoms with E-state index in [0.29, 0.717) is 24.3 Å². The summed E-state index contributed by atoms with van der Waals surface area (Å²) in [4.78, 5) is 54.2. The van der Waals surface area contributed by atoms with Crippen LogP contribution < -0.4 is 21.7 Å². The van der Waals surface area contributed by atoms with Gasteiger partial charge in [-0.1, -0.05) is 32.0 Å². The molecule has 4 atom stereocenters. The zero-order valence-electron chi connectivity index (χ0n) is 23.0. The smallest absolute Gasteiger partial charge is 0.326 e. The average molecular weight is 580 g/mol. The number of hydrogen-bond acceptors (Lipinski definition) is 7. The van der Waals surface area contributed by atoms with Gasteiger partial charge in [0.05, 0.1) is 6.04 Å². The number of para-hydroxylation sites is 1. The lowest BCUT2D eigenvalue weighted by Crippen LogP contribution is -2.57. The van der Waals surface area contributed by atoms with Gasteiger partial charge in [-0.2, -0.15) is 23.5 Å². The minimum Gasteiger partial charge on any atom is -0.480 e. The number of nitrogens with one attached hydrogen (secondary N) is 4. The average Bonchev–Trinajstić information content (AvgIpc) is 3.30. The van der Waals surface area contributed by atoms with Crippen LogP contribution in [-0.4, -0.2) is 82.0 Å². The van der Waals surface area contributed by atoms with Crippen molar-refractivity contribution in [3.63, 3.8) is 0 Å². The van der Waals surface area contributed by atoms with Gasteiger partial charge in [0.1, 0.15) is 18.1 Å². The second-order valence-electron chi connectivity index (χ2n) is 9.88. The van der Waals surface area contributed by atoms with Crippen LogP contribution in [0.2, 0.25) is 0 Å². The predicted molar refractivity (Wildman–Crippen MR) is 159 cm³/mol. The molecule has 7 N–H and O–H groups in total. The van der Waals surface area contributed by atoms with Gasteiger partial charge in [-0.25, -0.2) is 4.79 Å². The lowest BCUT2D eigenvalue weighted by Gasteiger charge is -2.26. The number of carbonyl (C=O) groups excluding carboxylic acids is 3. The SMILES string of the molecule is CSCCC(NC(=O)C(CC(C)C)NC(=O)C(CCSC)NC(=O)C(N)Cc1c[nH]c2ccccc12)C(=O)O. The number of nitrogens with two attached hydrogens (primary N) is 1. The van der Waals surface area contributed by atoms with E-state index in [1.54, 1.807) is 0 Å². The number of hydrogen-bond donors (Lipinski definition) is 6. The zero-order valence-corrected chi connectivity index (χ0v) is 24.6. The third kappa shape index (κ3) is 10.4. The summed E-state index contributed by atoms with van der Waals surface area (Å²) in [6.07, 6.45) is 6.81. The van der Waals surface area contributed by atoms with Crippen molar-refractivity contribution in [2.24, 2.45) is 11.7 Å². The Morgan fingerprint density at radius 1 is 0.897 bits per heavy atom. The van der Waals surface area contributed by atoms with E-state index in [-0.39, 0.29) is 18.8 Å². The Morgan fingerprint density at radius 3 is 2.08 bits per heavy atom. The lowest BCUT2D eigenvalue weighted by atomic mass is 10.0. The molecule has 0 saturated heterocycles. The molecule has 3 amide bonds. The van der Waals surface area contributed by atoms with Gasteiger partial charge in [-0.05, 0) is 67.2 Å². The molecule has 1 heterocycles. The van der Waals surface area contributed by atoms with Crippen molar-refractivity contribution in [1.29, 1.82) is 0 Å². The van der Waals surface area contributed by atoms with Crippen LogP contribution in [0.1, 0.15) is 38.7 Å². The van der Waals surface area contributed by atoms with Crippen LogP contribution in [0.4, 0.5) is 0 Å². The maximum Gasteiger partial charge on any atom is 0.326 e. The fourth-order valence-electron chi connectivity index (χ4n) is 4.15. The highest BCUT2D eigenvalue weighted by molar-refractivity contribution is 7.98. The van der Waals surface area contributed by atoms with Crippen molar-refractivity contribution in [1.82, 2.24) is 20.9 Å². The number of carboxylic acid groups (broad SMARTS) is 1. The van der Waals surface area contributed by atoms with E-state index in [1.807, 2.05) is 56.8 Å². The molecule has 216 valence electrons. The molecule has 2 aromatic rings. The van der Waals surface area contributed by atoms with E-state index < -0.39 is 47.9 Å². The summed E-state index contributed by atoms with van der Waals surface area (Å²) in [5, 5.41) is 18.6. The predicted octanol–water partition coefficient (Wildman–Crippen LogP) is 2.13. The van der Waals surface area contributed by atoms with Crippen molar-refractivity contribution >= 4 is 58.1 Å². The summed E-state index contributed by atoms with van der Waals surface area (Å²) < 4.78 is 0. The number of H-pyrrole nitrogens is 1. The van der Waals surface area contributed by atoms with E-state index in [0.717, 1.165) is 16.5 Å². The number of aliphatic carboxylic acids is 1. The Balaban J connectivity index is 2.10. The summed E-state index contributed by atoms with van der Waals surface area (Å²) >= 11 is 3.02. The number of fused-ring (bicyclic) bond motifs is 1. The van der Waals surface area contributed by atoms with Crippen molar-refractivity contribution in [3.05, 3.63) is 36.0 Å². The maximum absolute atomic E-state index is 13.3. The molecule has 0 aliphatic heterocycles. The van der Waals surface area contributed by atoms with Gasteiger partial charge in [0.15, 0.2) is 0 Å². The summed E-state index contributed by atoms with van der Waals surface area (Å²) in [5.41, 5.74) is 8.08. The van der Waals surface area contributed by atoms with Crippen molar-refractivity contribution in [3.8, 4) is 0 Å². The van der Waals surface area contributed by atoms with Crippen molar-refractivity contribution in [2.45, 2.75) is 63.7 Å². The highest BCUT2D eigenvalue weighted by Gasteiger charge is 2.30. The molecule has 1 aromatic carbocycles. The van der Waals surface area contributed by atoms with Gasteiger partial charge in [-0.15, -0.1) is 0 Å². The number of rotatable bonds is 17. The monoisotopic (exact) mass is 579 g/mol. The second kappa shape index (κ2) is 16.4. The summed E-state index contributed by atoms with van der Waals surface area (Å²) in [6, 6.07) is 3.97. The maximum atomic E-state index is 13.3. The molecule has 0 aliphatic carbocycles. The summed E-state index contributed by atoms with van der Waals surface area (Å²) in [7, 11) is 0. The first-order chi connectivity index (χ1) is 18.6. The van der Waals surface area contributed by atoms with Gasteiger partial charge in [-0.3, -0.25) is 14.4 Å². The molecule has 0 spiro atoms. The Kier molecular flexibility index (Phi) is 13.7. The number of aromatic amines is 1. The number of benzene rings is 1. The third-order valence-electron chi connectivity index (χ3n) is 6.26. The van der Waals surface area contributed by atoms with E-state index in [2.05, 4.69) is 20.9 Å². The molecule has 2 rings (SSSR count). The van der Waals surface area contributed by atoms with Crippen LogP contribution in [0.3, 0.4) is 0 Å². The minimum absolute atomic E-state index is 0.0550. The van der Waals surface area contributed by atoms with Crippen LogP contribution in [-0.2, 0) is 25.6 Å². The number of amides is 3. The normalized spacial score (nSPS) is 14.4. The molecular formula is C27H41N5O5S2. The van der Waals surface area contributed by atoms with Gasteiger partial charge >= 0.3 is 5.97 Å². The fourth-order valence-corrected chi connectivity index (χ4v) is 5.10. The van der Waals surface area contributed by atoms with E-state index in [4.69, 9.17) is 5.73 Å². The van der Waals surface area contributed by atoms with Crippen LogP contribution in [0, 0.1) is 5.92 Å². The van der Waals surface area contributed by atoms with Crippen molar-refractivity contribution in [2.75, 3.05) is 24.0 Å². The molecule has 0 bridgehead atoms. The van der Waals surface area contributed by atoms with Crippen LogP contribution in [0.5, 0.6) is 0 Å². The highest BCUT2D eigenvalue weighted by Crippen LogP contribution is 2.19. The Bertz CT molecular complexity index is 1110. The summed E-state index contributed by atoms with van der Waals surface area (Å²) in [5.74, 6) is -1.42. The zero-order chi connectivity index (χ0) is 28.9. The Morgan fingerprint density at radius 2 is 1.46 bits per heavy atom. The number of aromatic nitrogens is 1. The number of carbonyl (C=O) groups is 4.